The topological polar surface area (TPSA) is 45.6 Å². The highest BCUT2D eigenvalue weighted by Crippen LogP contribution is 2.28. The Morgan fingerprint density at radius 3 is 2.86 bits per heavy atom. The largest absolute Gasteiger partial charge is 0.391 e. The van der Waals surface area contributed by atoms with Crippen molar-refractivity contribution in [3.05, 3.63) is 10.0 Å². The van der Waals surface area contributed by atoms with Gasteiger partial charge in [0.2, 0.25) is 0 Å². The lowest BCUT2D eigenvalue weighted by atomic mass is 10.6. The number of hydrogen-bond acceptors (Lipinski definition) is 5. The highest BCUT2D eigenvalue weighted by Gasteiger charge is 2.11. The predicted octanol–water partition coefficient (Wildman–Crippen LogP) is 1.37. The Morgan fingerprint density at radius 1 is 1.64 bits per heavy atom. The van der Waals surface area contributed by atoms with E-state index in [2.05, 4.69) is 4.98 Å². The molecule has 1 rings (SSSR count). The Labute approximate surface area is 92.1 Å². The van der Waals surface area contributed by atoms with Gasteiger partial charge in [0.25, 0.3) is 0 Å². The smallest absolute Gasteiger partial charge is 0.186 e. The second kappa shape index (κ2) is 5.50. The van der Waals surface area contributed by atoms with Crippen molar-refractivity contribution in [2.75, 3.05) is 32.2 Å². The van der Waals surface area contributed by atoms with Crippen molar-refractivity contribution < 1.29 is 9.84 Å². The molecule has 80 valence electrons. The van der Waals surface area contributed by atoms with E-state index < -0.39 is 0 Å². The Hall–Kier alpha value is -0.360. The number of nitrogens with zero attached hydrogens (tertiary/aromatic N) is 2. The maximum Gasteiger partial charge on any atom is 0.186 e. The number of aliphatic hydroxyl groups is 1. The first-order valence-electron chi connectivity index (χ1n) is 4.15. The van der Waals surface area contributed by atoms with Crippen LogP contribution in [-0.2, 0) is 11.3 Å². The molecule has 0 aliphatic carbocycles. The van der Waals surface area contributed by atoms with Gasteiger partial charge in [-0.05, 0) is 0 Å². The molecule has 0 aliphatic rings. The fraction of sp³-hybridized carbons (Fsp3) is 0.625. The number of methoxy groups -OCH3 is 1. The van der Waals surface area contributed by atoms with Gasteiger partial charge in [-0.1, -0.05) is 22.9 Å². The van der Waals surface area contributed by atoms with Gasteiger partial charge in [0, 0.05) is 20.7 Å². The minimum Gasteiger partial charge on any atom is -0.391 e. The summed E-state index contributed by atoms with van der Waals surface area (Å²) in [5.74, 6) is 0. The molecule has 0 aromatic carbocycles. The minimum absolute atomic E-state index is 0.0609. The summed E-state index contributed by atoms with van der Waals surface area (Å²) in [6.45, 7) is 1.34. The zero-order chi connectivity index (χ0) is 10.6. The van der Waals surface area contributed by atoms with Crippen molar-refractivity contribution in [1.82, 2.24) is 4.98 Å². The van der Waals surface area contributed by atoms with Crippen LogP contribution in [0.4, 0.5) is 5.13 Å². The van der Waals surface area contributed by atoms with Crippen molar-refractivity contribution in [2.45, 2.75) is 6.61 Å². The molecule has 0 amide bonds. The Balaban J connectivity index is 2.65. The third-order valence-corrected chi connectivity index (χ3v) is 3.32. The van der Waals surface area contributed by atoms with Crippen molar-refractivity contribution in [3.63, 3.8) is 0 Å². The van der Waals surface area contributed by atoms with Gasteiger partial charge in [-0.3, -0.25) is 0 Å². The van der Waals surface area contributed by atoms with E-state index in [1.807, 2.05) is 11.9 Å². The standard InChI is InChI=1S/C8H13ClN2O2S/c1-11(3-4-13-2)8-10-7(9)6(5-12)14-8/h12H,3-5H2,1-2H3. The monoisotopic (exact) mass is 236 g/mol. The first-order chi connectivity index (χ1) is 6.69. The molecule has 0 saturated carbocycles. The number of anilines is 1. The van der Waals surface area contributed by atoms with Gasteiger partial charge in [0.15, 0.2) is 5.13 Å². The molecule has 0 saturated heterocycles. The second-order valence-corrected chi connectivity index (χ2v) is 4.20. The summed E-state index contributed by atoms with van der Waals surface area (Å²) in [4.78, 5) is 6.77. The van der Waals surface area contributed by atoms with E-state index in [9.17, 15) is 0 Å². The number of halogens is 1. The van der Waals surface area contributed by atoms with Crippen molar-refractivity contribution in [1.29, 1.82) is 0 Å². The van der Waals surface area contributed by atoms with E-state index in [4.69, 9.17) is 21.4 Å². The normalized spacial score (nSPS) is 10.6. The Kier molecular flexibility index (Phi) is 4.60. The van der Waals surface area contributed by atoms with Gasteiger partial charge < -0.3 is 14.7 Å². The number of aliphatic hydroxyl groups excluding tert-OH is 1. The molecule has 4 nitrogen and oxygen atoms in total. The van der Waals surface area contributed by atoms with Crippen LogP contribution in [0.1, 0.15) is 4.88 Å². The summed E-state index contributed by atoms with van der Waals surface area (Å²) in [7, 11) is 3.57. The lowest BCUT2D eigenvalue weighted by molar-refractivity contribution is 0.206. The summed E-state index contributed by atoms with van der Waals surface area (Å²) in [6, 6.07) is 0. The van der Waals surface area contributed by atoms with E-state index >= 15 is 0 Å². The van der Waals surface area contributed by atoms with E-state index in [1.54, 1.807) is 7.11 Å². The molecule has 0 atom stereocenters. The maximum atomic E-state index is 8.93. The van der Waals surface area contributed by atoms with E-state index in [1.165, 1.54) is 11.3 Å². The Morgan fingerprint density at radius 2 is 2.36 bits per heavy atom. The zero-order valence-corrected chi connectivity index (χ0v) is 9.73. The SMILES string of the molecule is COCCN(C)c1nc(Cl)c(CO)s1. The fourth-order valence-corrected chi connectivity index (χ4v) is 2.01. The van der Waals surface area contributed by atoms with Gasteiger partial charge in [-0.15, -0.1) is 0 Å². The average Bonchev–Trinajstić information content (AvgIpc) is 2.56. The van der Waals surface area contributed by atoms with Crippen LogP contribution in [0.3, 0.4) is 0 Å². The van der Waals surface area contributed by atoms with Gasteiger partial charge >= 0.3 is 0 Å². The highest BCUT2D eigenvalue weighted by atomic mass is 35.5. The van der Waals surface area contributed by atoms with Crippen LogP contribution in [0, 0.1) is 0 Å². The fourth-order valence-electron chi connectivity index (χ4n) is 0.906. The first kappa shape index (κ1) is 11.7. The number of ether oxygens (including phenoxy) is 1. The van der Waals surface area contributed by atoms with Gasteiger partial charge in [0.05, 0.1) is 18.1 Å². The predicted molar refractivity (Wildman–Crippen MR) is 58.2 cm³/mol. The first-order valence-corrected chi connectivity index (χ1v) is 5.34. The molecule has 1 aromatic heterocycles. The average molecular weight is 237 g/mol. The van der Waals surface area contributed by atoms with Crippen LogP contribution in [0.5, 0.6) is 0 Å². The molecular weight excluding hydrogens is 224 g/mol. The highest BCUT2D eigenvalue weighted by molar-refractivity contribution is 7.16. The molecule has 1 heterocycles. The summed E-state index contributed by atoms with van der Waals surface area (Å²) in [5, 5.41) is 10.1. The molecule has 6 heteroatoms. The van der Waals surface area contributed by atoms with Crippen LogP contribution in [0.25, 0.3) is 0 Å². The van der Waals surface area contributed by atoms with Gasteiger partial charge in [0.1, 0.15) is 5.15 Å². The zero-order valence-electron chi connectivity index (χ0n) is 8.16. The number of aromatic nitrogens is 1. The number of likely N-dealkylation sites (N-methyl/N-ethyl adjacent to an activating group) is 1. The van der Waals surface area contributed by atoms with E-state index in [0.717, 1.165) is 11.7 Å². The van der Waals surface area contributed by atoms with Crippen LogP contribution in [-0.4, -0.2) is 37.4 Å². The lowest BCUT2D eigenvalue weighted by Gasteiger charge is -2.14. The molecule has 14 heavy (non-hydrogen) atoms. The number of thiazole rings is 1. The maximum absolute atomic E-state index is 8.93. The lowest BCUT2D eigenvalue weighted by Crippen LogP contribution is -2.21. The minimum atomic E-state index is -0.0609. The van der Waals surface area contributed by atoms with Crippen LogP contribution >= 0.6 is 22.9 Å². The molecule has 0 aliphatic heterocycles. The number of hydrogen-bond donors (Lipinski definition) is 1. The summed E-state index contributed by atoms with van der Waals surface area (Å²) in [5.41, 5.74) is 0. The van der Waals surface area contributed by atoms with Crippen molar-refractivity contribution >= 4 is 28.1 Å². The quantitative estimate of drug-likeness (QED) is 0.839. The molecular formula is C8H13ClN2O2S. The van der Waals surface area contributed by atoms with Crippen LogP contribution in [0.2, 0.25) is 5.15 Å². The van der Waals surface area contributed by atoms with Gasteiger partial charge in [-0.25, -0.2) is 4.98 Å². The molecule has 0 spiro atoms. The summed E-state index contributed by atoms with van der Waals surface area (Å²) >= 11 is 7.20. The third-order valence-electron chi connectivity index (χ3n) is 1.74. The van der Waals surface area contributed by atoms with E-state index in [-0.39, 0.29) is 6.61 Å². The third kappa shape index (κ3) is 2.81. The van der Waals surface area contributed by atoms with Crippen molar-refractivity contribution in [2.24, 2.45) is 0 Å². The van der Waals surface area contributed by atoms with Crippen molar-refractivity contribution in [3.8, 4) is 0 Å². The van der Waals surface area contributed by atoms with E-state index in [0.29, 0.717) is 16.6 Å². The molecule has 0 radical (unpaired) electrons. The van der Waals surface area contributed by atoms with Gasteiger partial charge in [-0.2, -0.15) is 0 Å². The number of rotatable bonds is 5. The molecule has 1 aromatic rings. The summed E-state index contributed by atoms with van der Waals surface area (Å²) < 4.78 is 4.95. The second-order valence-electron chi connectivity index (χ2n) is 2.78. The Bertz CT molecular complexity index is 293. The summed E-state index contributed by atoms with van der Waals surface area (Å²) in [6.07, 6.45) is 0. The molecule has 0 unspecified atom stereocenters. The molecule has 0 fully saturated rings. The molecule has 1 N–H and O–H groups in total. The van der Waals surface area contributed by atoms with Crippen LogP contribution < -0.4 is 4.90 Å². The van der Waals surface area contributed by atoms with Crippen LogP contribution in [0.15, 0.2) is 0 Å². The molecule has 0 bridgehead atoms.